The van der Waals surface area contributed by atoms with Gasteiger partial charge in [-0.3, -0.25) is 4.79 Å². The molecule has 27 heavy (non-hydrogen) atoms. The summed E-state index contributed by atoms with van der Waals surface area (Å²) in [6.45, 7) is 0. The number of amides is 1. The quantitative estimate of drug-likeness (QED) is 0.667. The van der Waals surface area contributed by atoms with Crippen LogP contribution < -0.4 is 14.8 Å². The number of aromatic nitrogens is 2. The Kier molecular flexibility index (Phi) is 5.73. The van der Waals surface area contributed by atoms with Crippen molar-refractivity contribution in [3.63, 3.8) is 0 Å². The van der Waals surface area contributed by atoms with Crippen molar-refractivity contribution in [2.24, 2.45) is 0 Å². The molecular formula is C20H16FN3O3. The van der Waals surface area contributed by atoms with Crippen LogP contribution in [-0.4, -0.2) is 23.0 Å². The lowest BCUT2D eigenvalue weighted by molar-refractivity contribution is -0.111. The fraction of sp³-hybridized carbons (Fsp3) is 0.0500. The standard InChI is InChI=1S/C20H16FN3O3/c1-26-16-9-6-14(7-10-16)8-11-19(25)24-15-12-22-20(23-13-15)27-18-5-3-2-4-17(18)21/h2-13H,1H3,(H,24,25)/b11-8+. The van der Waals surface area contributed by atoms with E-state index in [1.807, 2.05) is 12.1 Å². The number of ether oxygens (including phenoxy) is 2. The summed E-state index contributed by atoms with van der Waals surface area (Å²) >= 11 is 0. The molecule has 1 aromatic heterocycles. The largest absolute Gasteiger partial charge is 0.497 e. The summed E-state index contributed by atoms with van der Waals surface area (Å²) in [6.07, 6.45) is 5.82. The van der Waals surface area contributed by atoms with Crippen LogP contribution in [0.4, 0.5) is 10.1 Å². The van der Waals surface area contributed by atoms with Crippen molar-refractivity contribution in [3.05, 3.63) is 78.4 Å². The van der Waals surface area contributed by atoms with Crippen molar-refractivity contribution < 1.29 is 18.7 Å². The number of halogens is 1. The average molecular weight is 365 g/mol. The van der Waals surface area contributed by atoms with E-state index in [-0.39, 0.29) is 17.7 Å². The number of rotatable bonds is 6. The second-order valence-electron chi connectivity index (χ2n) is 5.38. The Morgan fingerprint density at radius 1 is 1.07 bits per heavy atom. The second-order valence-corrected chi connectivity index (χ2v) is 5.38. The molecule has 0 spiro atoms. The van der Waals surface area contributed by atoms with E-state index < -0.39 is 5.82 Å². The highest BCUT2D eigenvalue weighted by molar-refractivity contribution is 6.01. The first kappa shape index (κ1) is 18.1. The van der Waals surface area contributed by atoms with Crippen LogP contribution in [0.2, 0.25) is 0 Å². The smallest absolute Gasteiger partial charge is 0.322 e. The monoisotopic (exact) mass is 365 g/mol. The van der Waals surface area contributed by atoms with Gasteiger partial charge in [0.2, 0.25) is 5.91 Å². The molecule has 0 saturated carbocycles. The zero-order valence-electron chi connectivity index (χ0n) is 14.4. The minimum Gasteiger partial charge on any atom is -0.497 e. The highest BCUT2D eigenvalue weighted by Crippen LogP contribution is 2.21. The second kappa shape index (κ2) is 8.57. The molecule has 1 amide bonds. The maximum Gasteiger partial charge on any atom is 0.322 e. The van der Waals surface area contributed by atoms with Crippen LogP contribution >= 0.6 is 0 Å². The Morgan fingerprint density at radius 3 is 2.44 bits per heavy atom. The molecule has 0 bridgehead atoms. The summed E-state index contributed by atoms with van der Waals surface area (Å²) in [5.41, 5.74) is 1.25. The highest BCUT2D eigenvalue weighted by Gasteiger charge is 2.06. The van der Waals surface area contributed by atoms with Gasteiger partial charge in [0.25, 0.3) is 0 Å². The number of hydrogen-bond donors (Lipinski definition) is 1. The minimum absolute atomic E-state index is 0.0214. The van der Waals surface area contributed by atoms with Crippen LogP contribution in [0.25, 0.3) is 6.08 Å². The third kappa shape index (κ3) is 5.12. The number of benzene rings is 2. The van der Waals surface area contributed by atoms with Gasteiger partial charge in [0, 0.05) is 6.08 Å². The molecule has 2 aromatic carbocycles. The Morgan fingerprint density at radius 2 is 1.78 bits per heavy atom. The van der Waals surface area contributed by atoms with Gasteiger partial charge in [-0.05, 0) is 35.9 Å². The molecule has 3 rings (SSSR count). The molecule has 0 radical (unpaired) electrons. The number of anilines is 1. The zero-order chi connectivity index (χ0) is 19.1. The maximum absolute atomic E-state index is 13.5. The van der Waals surface area contributed by atoms with Crippen molar-refractivity contribution in [1.82, 2.24) is 9.97 Å². The third-order valence-electron chi connectivity index (χ3n) is 3.48. The Hall–Kier alpha value is -3.74. The van der Waals surface area contributed by atoms with Gasteiger partial charge < -0.3 is 14.8 Å². The highest BCUT2D eigenvalue weighted by atomic mass is 19.1. The molecule has 0 atom stereocenters. The molecule has 1 heterocycles. The van der Waals surface area contributed by atoms with Gasteiger partial charge in [0.1, 0.15) is 5.75 Å². The van der Waals surface area contributed by atoms with E-state index in [1.54, 1.807) is 37.5 Å². The lowest BCUT2D eigenvalue weighted by atomic mass is 10.2. The Bertz CT molecular complexity index is 941. The van der Waals surface area contributed by atoms with Crippen LogP contribution in [-0.2, 0) is 4.79 Å². The zero-order valence-corrected chi connectivity index (χ0v) is 14.4. The topological polar surface area (TPSA) is 73.3 Å². The molecule has 0 aliphatic rings. The van der Waals surface area contributed by atoms with Crippen molar-refractivity contribution in [1.29, 1.82) is 0 Å². The first-order chi connectivity index (χ1) is 13.1. The lowest BCUT2D eigenvalue weighted by Crippen LogP contribution is -2.08. The van der Waals surface area contributed by atoms with E-state index >= 15 is 0 Å². The van der Waals surface area contributed by atoms with E-state index in [0.717, 1.165) is 11.3 Å². The molecule has 0 unspecified atom stereocenters. The maximum atomic E-state index is 13.5. The summed E-state index contributed by atoms with van der Waals surface area (Å²) in [7, 11) is 1.59. The minimum atomic E-state index is -0.512. The molecule has 6 nitrogen and oxygen atoms in total. The summed E-state index contributed by atoms with van der Waals surface area (Å²) in [5.74, 6) is -0.0810. The van der Waals surface area contributed by atoms with Crippen LogP contribution in [0.3, 0.4) is 0 Å². The normalized spacial score (nSPS) is 10.6. The van der Waals surface area contributed by atoms with Gasteiger partial charge in [-0.1, -0.05) is 24.3 Å². The summed E-state index contributed by atoms with van der Waals surface area (Å²) in [5, 5.41) is 2.63. The van der Waals surface area contributed by atoms with E-state index in [1.165, 1.54) is 30.6 Å². The van der Waals surface area contributed by atoms with Gasteiger partial charge in [-0.15, -0.1) is 0 Å². The van der Waals surface area contributed by atoms with Crippen molar-refractivity contribution in [2.45, 2.75) is 0 Å². The van der Waals surface area contributed by atoms with Crippen LogP contribution in [0, 0.1) is 5.82 Å². The van der Waals surface area contributed by atoms with Crippen molar-refractivity contribution in [3.8, 4) is 17.5 Å². The first-order valence-corrected chi connectivity index (χ1v) is 8.01. The number of methoxy groups -OCH3 is 1. The van der Waals surface area contributed by atoms with Gasteiger partial charge in [0.05, 0.1) is 25.2 Å². The molecular weight excluding hydrogens is 349 g/mol. The number of nitrogens with zero attached hydrogens (tertiary/aromatic N) is 2. The van der Waals surface area contributed by atoms with Crippen molar-refractivity contribution >= 4 is 17.7 Å². The predicted molar refractivity (Wildman–Crippen MR) is 99.2 cm³/mol. The number of para-hydroxylation sites is 1. The van der Waals surface area contributed by atoms with Gasteiger partial charge >= 0.3 is 6.01 Å². The van der Waals surface area contributed by atoms with E-state index in [9.17, 15) is 9.18 Å². The van der Waals surface area contributed by atoms with E-state index in [0.29, 0.717) is 5.69 Å². The first-order valence-electron chi connectivity index (χ1n) is 8.01. The fourth-order valence-corrected chi connectivity index (χ4v) is 2.13. The molecule has 136 valence electrons. The number of carbonyl (C=O) groups is 1. The molecule has 3 aromatic rings. The Labute approximate surface area is 155 Å². The number of nitrogens with one attached hydrogen (secondary N) is 1. The lowest BCUT2D eigenvalue weighted by Gasteiger charge is -2.05. The summed E-state index contributed by atoms with van der Waals surface area (Å²) < 4.78 is 23.9. The van der Waals surface area contributed by atoms with Crippen molar-refractivity contribution in [2.75, 3.05) is 12.4 Å². The fourth-order valence-electron chi connectivity index (χ4n) is 2.13. The molecule has 0 fully saturated rings. The van der Waals surface area contributed by atoms with Crippen LogP contribution in [0.15, 0.2) is 67.0 Å². The van der Waals surface area contributed by atoms with Gasteiger partial charge in [-0.2, -0.15) is 0 Å². The van der Waals surface area contributed by atoms with Gasteiger partial charge in [-0.25, -0.2) is 14.4 Å². The molecule has 0 aliphatic heterocycles. The SMILES string of the molecule is COc1ccc(/C=C/C(=O)Nc2cnc(Oc3ccccc3F)nc2)cc1. The summed E-state index contributed by atoms with van der Waals surface area (Å²) in [4.78, 5) is 19.9. The molecule has 0 aliphatic carbocycles. The number of hydrogen-bond acceptors (Lipinski definition) is 5. The van der Waals surface area contributed by atoms with Gasteiger partial charge in [0.15, 0.2) is 11.6 Å². The molecule has 1 N–H and O–H groups in total. The number of carbonyl (C=O) groups excluding carboxylic acids is 1. The summed E-state index contributed by atoms with van der Waals surface area (Å²) in [6, 6.07) is 13.2. The van der Waals surface area contributed by atoms with E-state index in [4.69, 9.17) is 9.47 Å². The Balaban J connectivity index is 1.58. The molecule has 0 saturated heterocycles. The van der Waals surface area contributed by atoms with E-state index in [2.05, 4.69) is 15.3 Å². The molecule has 7 heteroatoms. The third-order valence-corrected chi connectivity index (χ3v) is 3.48. The predicted octanol–water partition coefficient (Wildman–Crippen LogP) is 4.07. The average Bonchev–Trinajstić information content (AvgIpc) is 2.70. The van der Waals surface area contributed by atoms with Crippen LogP contribution in [0.1, 0.15) is 5.56 Å². The van der Waals surface area contributed by atoms with Crippen LogP contribution in [0.5, 0.6) is 17.5 Å².